The van der Waals surface area contributed by atoms with E-state index in [0.29, 0.717) is 35.0 Å². The normalized spacial score (nSPS) is 27.1. The number of benzene rings is 2. The summed E-state index contributed by atoms with van der Waals surface area (Å²) in [6.45, 7) is 11.0. The fourth-order valence-electron chi connectivity index (χ4n) is 6.30. The van der Waals surface area contributed by atoms with Crippen LogP contribution in [0.15, 0.2) is 54.1 Å². The third-order valence-electron chi connectivity index (χ3n) is 8.50. The van der Waals surface area contributed by atoms with Gasteiger partial charge in [0.15, 0.2) is 5.78 Å². The first-order valence-electron chi connectivity index (χ1n) is 13.0. The van der Waals surface area contributed by atoms with Crippen LogP contribution in [-0.4, -0.2) is 23.6 Å². The van der Waals surface area contributed by atoms with Crippen molar-refractivity contribution in [1.29, 1.82) is 0 Å². The number of hydrogen-bond donors (Lipinski definition) is 1. The molecule has 4 nitrogen and oxygen atoms in total. The Morgan fingerprint density at radius 2 is 1.74 bits per heavy atom. The van der Waals surface area contributed by atoms with E-state index in [2.05, 4.69) is 33.8 Å². The highest BCUT2D eigenvalue weighted by atomic mass is 16.5. The number of ketones is 1. The molecule has 1 saturated carbocycles. The number of phenolic OH excluding ortho intramolecular Hbond substituents is 1. The average molecular weight is 477 g/mol. The van der Waals surface area contributed by atoms with Gasteiger partial charge < -0.3 is 14.6 Å². The fourth-order valence-corrected chi connectivity index (χ4v) is 6.30. The molecule has 2 aliphatic rings. The van der Waals surface area contributed by atoms with Crippen LogP contribution >= 0.6 is 0 Å². The van der Waals surface area contributed by atoms with Gasteiger partial charge in [0.2, 0.25) is 0 Å². The Bertz CT molecular complexity index is 1080. The number of allylic oxidation sites excluding steroid dienone is 2. The molecule has 0 spiro atoms. The molecule has 0 radical (unpaired) electrons. The topological polar surface area (TPSA) is 55.8 Å². The van der Waals surface area contributed by atoms with Gasteiger partial charge in [0.05, 0.1) is 12.7 Å². The zero-order valence-electron chi connectivity index (χ0n) is 22.0. The van der Waals surface area contributed by atoms with E-state index in [1.54, 1.807) is 19.2 Å². The van der Waals surface area contributed by atoms with Gasteiger partial charge in [-0.25, -0.2) is 0 Å². The lowest BCUT2D eigenvalue weighted by Crippen LogP contribution is -2.51. The number of ether oxygens (including phenoxy) is 2. The van der Waals surface area contributed by atoms with E-state index in [4.69, 9.17) is 9.47 Å². The molecule has 0 aromatic heterocycles. The number of methoxy groups -OCH3 is 1. The van der Waals surface area contributed by atoms with Crippen molar-refractivity contribution >= 4 is 5.78 Å². The SMILES string of the molecule is COc1ccc([C@H](C)C(=O)c2ccc(O[C@@]3(C)CC[C@H](C(C)C)[C@H]4C=C(C)CC[C@H]43)cc2O)cc1. The van der Waals surface area contributed by atoms with E-state index >= 15 is 0 Å². The van der Waals surface area contributed by atoms with Gasteiger partial charge in [0.25, 0.3) is 0 Å². The van der Waals surface area contributed by atoms with Crippen LogP contribution in [0, 0.1) is 23.7 Å². The zero-order chi connectivity index (χ0) is 25.3. The fraction of sp³-hybridized carbons (Fsp3) is 0.516. The third-order valence-corrected chi connectivity index (χ3v) is 8.50. The Balaban J connectivity index is 1.53. The first-order chi connectivity index (χ1) is 16.6. The summed E-state index contributed by atoms with van der Waals surface area (Å²) in [7, 11) is 1.62. The lowest BCUT2D eigenvalue weighted by molar-refractivity contribution is -0.0618. The van der Waals surface area contributed by atoms with E-state index in [1.807, 2.05) is 37.3 Å². The Morgan fingerprint density at radius 1 is 1.06 bits per heavy atom. The van der Waals surface area contributed by atoms with E-state index in [1.165, 1.54) is 5.57 Å². The standard InChI is InChI=1S/C31H40O4/c1-19(2)25-15-16-31(5,28-14-7-20(3)17-27(25)28)35-24-12-13-26(29(32)18-24)30(33)21(4)22-8-10-23(34-6)11-9-22/h8-13,17-19,21,25,27-28,32H,7,14-16H2,1-6H3/t21-,25+,27+,28+,31-/m0/s1. The van der Waals surface area contributed by atoms with Crippen molar-refractivity contribution in [3.8, 4) is 17.2 Å². The van der Waals surface area contributed by atoms with Gasteiger partial charge in [-0.2, -0.15) is 0 Å². The number of carbonyl (C=O) groups is 1. The summed E-state index contributed by atoms with van der Waals surface area (Å²) in [5, 5.41) is 10.8. The van der Waals surface area contributed by atoms with Crippen LogP contribution in [0.25, 0.3) is 0 Å². The van der Waals surface area contributed by atoms with Crippen LogP contribution < -0.4 is 9.47 Å². The van der Waals surface area contributed by atoms with Gasteiger partial charge in [0.1, 0.15) is 22.8 Å². The van der Waals surface area contributed by atoms with Crippen LogP contribution in [0.2, 0.25) is 0 Å². The van der Waals surface area contributed by atoms with Crippen molar-refractivity contribution < 1.29 is 19.4 Å². The van der Waals surface area contributed by atoms with Gasteiger partial charge in [-0.3, -0.25) is 4.79 Å². The second-order valence-corrected chi connectivity index (χ2v) is 11.1. The Hall–Kier alpha value is -2.75. The molecular formula is C31H40O4. The van der Waals surface area contributed by atoms with Crippen molar-refractivity contribution in [3.63, 3.8) is 0 Å². The van der Waals surface area contributed by atoms with Crippen molar-refractivity contribution in [2.45, 2.75) is 71.8 Å². The smallest absolute Gasteiger partial charge is 0.173 e. The van der Waals surface area contributed by atoms with Crippen molar-refractivity contribution in [2.24, 2.45) is 23.7 Å². The highest BCUT2D eigenvalue weighted by Crippen LogP contribution is 2.51. The van der Waals surface area contributed by atoms with Crippen molar-refractivity contribution in [2.75, 3.05) is 7.11 Å². The van der Waals surface area contributed by atoms with Crippen molar-refractivity contribution in [1.82, 2.24) is 0 Å². The molecular weight excluding hydrogens is 436 g/mol. The lowest BCUT2D eigenvalue weighted by atomic mass is 9.58. The molecule has 0 heterocycles. The third kappa shape index (κ3) is 5.12. The molecule has 2 aliphatic carbocycles. The van der Waals surface area contributed by atoms with E-state index in [0.717, 1.165) is 37.0 Å². The van der Waals surface area contributed by atoms with E-state index < -0.39 is 0 Å². The highest BCUT2D eigenvalue weighted by Gasteiger charge is 2.48. The summed E-state index contributed by atoms with van der Waals surface area (Å²) in [6.07, 6.45) is 6.89. The van der Waals surface area contributed by atoms with E-state index in [-0.39, 0.29) is 23.1 Å². The Labute approximate surface area is 210 Å². The largest absolute Gasteiger partial charge is 0.507 e. The second kappa shape index (κ2) is 10.1. The minimum Gasteiger partial charge on any atom is -0.507 e. The molecule has 2 aromatic rings. The van der Waals surface area contributed by atoms with Gasteiger partial charge in [0, 0.05) is 17.9 Å². The molecule has 5 atom stereocenters. The molecule has 188 valence electrons. The first-order valence-corrected chi connectivity index (χ1v) is 13.0. The maximum Gasteiger partial charge on any atom is 0.173 e. The molecule has 2 aromatic carbocycles. The number of hydrogen-bond acceptors (Lipinski definition) is 4. The quantitative estimate of drug-likeness (QED) is 0.331. The monoisotopic (exact) mass is 476 g/mol. The van der Waals surface area contributed by atoms with Crippen LogP contribution in [0.3, 0.4) is 0 Å². The summed E-state index contributed by atoms with van der Waals surface area (Å²) >= 11 is 0. The zero-order valence-corrected chi connectivity index (χ0v) is 22.0. The summed E-state index contributed by atoms with van der Waals surface area (Å²) in [5.74, 6) is 3.18. The molecule has 4 rings (SSSR count). The van der Waals surface area contributed by atoms with Gasteiger partial charge in [-0.15, -0.1) is 0 Å². The average Bonchev–Trinajstić information content (AvgIpc) is 2.83. The summed E-state index contributed by atoms with van der Waals surface area (Å²) < 4.78 is 11.9. The lowest BCUT2D eigenvalue weighted by Gasteiger charge is -2.51. The predicted molar refractivity (Wildman–Crippen MR) is 140 cm³/mol. The first kappa shape index (κ1) is 25.3. The van der Waals surface area contributed by atoms with Crippen LogP contribution in [-0.2, 0) is 0 Å². The van der Waals surface area contributed by atoms with Crippen molar-refractivity contribution in [3.05, 3.63) is 65.2 Å². The van der Waals surface area contributed by atoms with Crippen LogP contribution in [0.4, 0.5) is 0 Å². The number of Topliss-reactive ketones (excluding diaryl/α,β-unsaturated/α-hetero) is 1. The number of carbonyl (C=O) groups excluding carboxylic acids is 1. The predicted octanol–water partition coefficient (Wildman–Crippen LogP) is 7.56. The molecule has 0 aliphatic heterocycles. The molecule has 0 unspecified atom stereocenters. The summed E-state index contributed by atoms with van der Waals surface area (Å²) in [4.78, 5) is 13.2. The summed E-state index contributed by atoms with van der Waals surface area (Å²) in [6, 6.07) is 12.6. The van der Waals surface area contributed by atoms with Crippen LogP contribution in [0.5, 0.6) is 17.2 Å². The van der Waals surface area contributed by atoms with Gasteiger partial charge >= 0.3 is 0 Å². The number of fused-ring (bicyclic) bond motifs is 1. The number of phenols is 1. The molecule has 0 saturated heterocycles. The van der Waals surface area contributed by atoms with Crippen LogP contribution in [0.1, 0.15) is 82.1 Å². The van der Waals surface area contributed by atoms with Gasteiger partial charge in [-0.05, 0) is 87.1 Å². The number of rotatable bonds is 7. The summed E-state index contributed by atoms with van der Waals surface area (Å²) in [5.41, 5.74) is 2.41. The Morgan fingerprint density at radius 3 is 2.37 bits per heavy atom. The minimum absolute atomic E-state index is 0.0248. The molecule has 0 bridgehead atoms. The highest BCUT2D eigenvalue weighted by molar-refractivity contribution is 6.03. The maximum atomic E-state index is 13.2. The minimum atomic E-state index is -0.375. The Kier molecular flexibility index (Phi) is 7.30. The van der Waals surface area contributed by atoms with E-state index in [9.17, 15) is 9.90 Å². The molecule has 1 fully saturated rings. The maximum absolute atomic E-state index is 13.2. The number of aromatic hydroxyl groups is 1. The molecule has 35 heavy (non-hydrogen) atoms. The van der Waals surface area contributed by atoms with Gasteiger partial charge in [-0.1, -0.05) is 44.6 Å². The second-order valence-electron chi connectivity index (χ2n) is 11.1. The molecule has 1 N–H and O–H groups in total. The molecule has 0 amide bonds. The molecule has 4 heteroatoms.